The van der Waals surface area contributed by atoms with Crippen molar-refractivity contribution in [2.45, 2.75) is 50.5 Å². The third kappa shape index (κ3) is 4.75. The van der Waals surface area contributed by atoms with Crippen LogP contribution in [0.5, 0.6) is 0 Å². The SMILES string of the molecule is CCCC(CCC)Nc1ncc(Cl)c(-c2cn(S(=O)(=O)c3ccccc3)c3ccccc23)n1. The van der Waals surface area contributed by atoms with Crippen molar-refractivity contribution in [2.24, 2.45) is 0 Å². The fraction of sp³-hybridized carbons (Fsp3) is 0.280. The molecule has 0 aliphatic carbocycles. The Labute approximate surface area is 199 Å². The number of aromatic nitrogens is 3. The standard InChI is InChI=1S/C25H27ClN4O2S/c1-3-10-18(11-4-2)28-25-27-16-22(26)24(29-25)21-17-30(23-15-9-8-14-20(21)23)33(31,32)19-12-6-5-7-13-19/h5-9,12-18H,3-4,10-11H2,1-2H3,(H,27,28,29). The lowest BCUT2D eigenvalue weighted by molar-refractivity contribution is 0.582. The van der Waals surface area contributed by atoms with Crippen LogP contribution >= 0.6 is 11.6 Å². The number of nitrogens with zero attached hydrogens (tertiary/aromatic N) is 3. The zero-order valence-electron chi connectivity index (χ0n) is 18.7. The first-order valence-electron chi connectivity index (χ1n) is 11.2. The van der Waals surface area contributed by atoms with E-state index in [0.29, 0.717) is 27.7 Å². The first-order chi connectivity index (χ1) is 16.0. The highest BCUT2D eigenvalue weighted by atomic mass is 35.5. The number of rotatable bonds is 9. The molecule has 0 aliphatic rings. The lowest BCUT2D eigenvalue weighted by Gasteiger charge is -2.17. The van der Waals surface area contributed by atoms with Crippen LogP contribution in [0, 0.1) is 0 Å². The maximum atomic E-state index is 13.4. The average Bonchev–Trinajstić information content (AvgIpc) is 3.22. The van der Waals surface area contributed by atoms with Crippen LogP contribution < -0.4 is 5.32 Å². The maximum Gasteiger partial charge on any atom is 0.268 e. The predicted molar refractivity (Wildman–Crippen MR) is 134 cm³/mol. The van der Waals surface area contributed by atoms with Crippen molar-refractivity contribution < 1.29 is 8.42 Å². The van der Waals surface area contributed by atoms with Crippen LogP contribution in [0.1, 0.15) is 39.5 Å². The molecule has 172 valence electrons. The molecule has 0 saturated heterocycles. The van der Waals surface area contributed by atoms with Gasteiger partial charge in [-0.2, -0.15) is 0 Å². The Hall–Kier alpha value is -2.90. The molecule has 2 heterocycles. The second-order valence-electron chi connectivity index (χ2n) is 7.98. The predicted octanol–water partition coefficient (Wildman–Crippen LogP) is 6.37. The molecule has 4 rings (SSSR count). The lowest BCUT2D eigenvalue weighted by Crippen LogP contribution is -2.20. The zero-order valence-corrected chi connectivity index (χ0v) is 20.3. The zero-order chi connectivity index (χ0) is 23.4. The van der Waals surface area contributed by atoms with Gasteiger partial charge in [-0.3, -0.25) is 0 Å². The summed E-state index contributed by atoms with van der Waals surface area (Å²) in [5.74, 6) is 0.490. The average molecular weight is 483 g/mol. The quantitative estimate of drug-likeness (QED) is 0.300. The van der Waals surface area contributed by atoms with Gasteiger partial charge in [-0.15, -0.1) is 0 Å². The van der Waals surface area contributed by atoms with Gasteiger partial charge in [0.1, 0.15) is 0 Å². The number of hydrogen-bond acceptors (Lipinski definition) is 5. The largest absolute Gasteiger partial charge is 0.351 e. The van der Waals surface area contributed by atoms with Gasteiger partial charge in [-0.05, 0) is 31.0 Å². The summed E-state index contributed by atoms with van der Waals surface area (Å²) < 4.78 is 28.1. The van der Waals surface area contributed by atoms with E-state index in [1.807, 2.05) is 18.2 Å². The fourth-order valence-corrected chi connectivity index (χ4v) is 5.62. The van der Waals surface area contributed by atoms with Crippen LogP contribution in [0.3, 0.4) is 0 Å². The lowest BCUT2D eigenvalue weighted by atomic mass is 10.1. The Bertz CT molecular complexity index is 1350. The molecule has 0 atom stereocenters. The Balaban J connectivity index is 1.83. The number of hydrogen-bond donors (Lipinski definition) is 1. The summed E-state index contributed by atoms with van der Waals surface area (Å²) in [6.45, 7) is 4.31. The molecular formula is C25H27ClN4O2S. The third-order valence-electron chi connectivity index (χ3n) is 5.58. The second-order valence-corrected chi connectivity index (χ2v) is 10.2. The van der Waals surface area contributed by atoms with E-state index < -0.39 is 10.0 Å². The van der Waals surface area contributed by atoms with Crippen LogP contribution in [-0.4, -0.2) is 28.4 Å². The van der Waals surface area contributed by atoms with Crippen LogP contribution in [-0.2, 0) is 10.0 Å². The molecule has 0 spiro atoms. The van der Waals surface area contributed by atoms with Gasteiger partial charge in [0.25, 0.3) is 10.0 Å². The van der Waals surface area contributed by atoms with Crippen molar-refractivity contribution in [3.8, 4) is 11.3 Å². The van der Waals surface area contributed by atoms with E-state index in [0.717, 1.165) is 31.1 Å². The highest BCUT2D eigenvalue weighted by molar-refractivity contribution is 7.90. The highest BCUT2D eigenvalue weighted by Crippen LogP contribution is 2.35. The molecule has 8 heteroatoms. The molecule has 0 radical (unpaired) electrons. The van der Waals surface area contributed by atoms with E-state index in [9.17, 15) is 8.42 Å². The first-order valence-corrected chi connectivity index (χ1v) is 13.0. The van der Waals surface area contributed by atoms with Crippen LogP contribution in [0.15, 0.2) is 71.9 Å². The van der Waals surface area contributed by atoms with Crippen LogP contribution in [0.4, 0.5) is 5.95 Å². The van der Waals surface area contributed by atoms with E-state index in [4.69, 9.17) is 16.6 Å². The number of benzene rings is 2. The molecule has 2 aromatic carbocycles. The van der Waals surface area contributed by atoms with Crippen molar-refractivity contribution in [3.05, 3.63) is 72.0 Å². The van der Waals surface area contributed by atoms with Gasteiger partial charge in [-0.1, -0.05) is 74.7 Å². The number of anilines is 1. The van der Waals surface area contributed by atoms with E-state index in [-0.39, 0.29) is 10.9 Å². The van der Waals surface area contributed by atoms with Crippen molar-refractivity contribution in [1.29, 1.82) is 0 Å². The Morgan fingerprint density at radius 2 is 1.67 bits per heavy atom. The molecule has 0 saturated carbocycles. The number of nitrogens with one attached hydrogen (secondary N) is 1. The monoisotopic (exact) mass is 482 g/mol. The van der Waals surface area contributed by atoms with E-state index in [2.05, 4.69) is 24.1 Å². The molecule has 4 aromatic rings. The molecule has 0 aliphatic heterocycles. The number of para-hydroxylation sites is 1. The summed E-state index contributed by atoms with van der Waals surface area (Å²) in [5, 5.41) is 4.54. The van der Waals surface area contributed by atoms with E-state index >= 15 is 0 Å². The van der Waals surface area contributed by atoms with Gasteiger partial charge in [0.05, 0.1) is 27.3 Å². The van der Waals surface area contributed by atoms with Gasteiger partial charge in [-0.25, -0.2) is 22.4 Å². The van der Waals surface area contributed by atoms with Crippen molar-refractivity contribution in [2.75, 3.05) is 5.32 Å². The molecule has 0 fully saturated rings. The third-order valence-corrected chi connectivity index (χ3v) is 7.55. The van der Waals surface area contributed by atoms with Crippen LogP contribution in [0.2, 0.25) is 5.02 Å². The smallest absolute Gasteiger partial charge is 0.268 e. The second kappa shape index (κ2) is 9.93. The summed E-state index contributed by atoms with van der Waals surface area (Å²) in [4.78, 5) is 9.29. The van der Waals surface area contributed by atoms with Gasteiger partial charge in [0.2, 0.25) is 5.95 Å². The molecule has 1 N–H and O–H groups in total. The molecule has 2 aromatic heterocycles. The molecule has 0 bridgehead atoms. The maximum absolute atomic E-state index is 13.4. The topological polar surface area (TPSA) is 76.9 Å². The molecule has 0 amide bonds. The summed E-state index contributed by atoms with van der Waals surface area (Å²) in [6, 6.07) is 16.0. The van der Waals surface area contributed by atoms with E-state index in [1.165, 1.54) is 3.97 Å². The Morgan fingerprint density at radius 3 is 2.36 bits per heavy atom. The molecule has 6 nitrogen and oxygen atoms in total. The van der Waals surface area contributed by atoms with Crippen LogP contribution in [0.25, 0.3) is 22.2 Å². The minimum absolute atomic E-state index is 0.218. The summed E-state index contributed by atoms with van der Waals surface area (Å²) in [7, 11) is -3.79. The van der Waals surface area contributed by atoms with Gasteiger partial charge in [0, 0.05) is 23.2 Å². The van der Waals surface area contributed by atoms with Crippen molar-refractivity contribution >= 4 is 38.5 Å². The van der Waals surface area contributed by atoms with Gasteiger partial charge < -0.3 is 5.32 Å². The Morgan fingerprint density at radius 1 is 1.00 bits per heavy atom. The minimum atomic E-state index is -3.79. The number of fused-ring (bicyclic) bond motifs is 1. The van der Waals surface area contributed by atoms with Gasteiger partial charge >= 0.3 is 0 Å². The molecule has 33 heavy (non-hydrogen) atoms. The van der Waals surface area contributed by atoms with Gasteiger partial charge in [0.15, 0.2) is 0 Å². The minimum Gasteiger partial charge on any atom is -0.351 e. The number of halogens is 1. The highest BCUT2D eigenvalue weighted by Gasteiger charge is 2.23. The summed E-state index contributed by atoms with van der Waals surface area (Å²) >= 11 is 6.52. The normalized spacial score (nSPS) is 11.9. The van der Waals surface area contributed by atoms with Crippen molar-refractivity contribution in [1.82, 2.24) is 13.9 Å². The molecular weight excluding hydrogens is 456 g/mol. The fourth-order valence-electron chi connectivity index (χ4n) is 4.04. The molecule has 0 unspecified atom stereocenters. The Kier molecular flexibility index (Phi) is 7.00. The first kappa shape index (κ1) is 23.3. The van der Waals surface area contributed by atoms with E-state index in [1.54, 1.807) is 48.8 Å². The van der Waals surface area contributed by atoms with Crippen molar-refractivity contribution in [3.63, 3.8) is 0 Å². The summed E-state index contributed by atoms with van der Waals surface area (Å²) in [6.07, 6.45) is 7.32. The summed E-state index contributed by atoms with van der Waals surface area (Å²) in [5.41, 5.74) is 1.71.